The summed E-state index contributed by atoms with van der Waals surface area (Å²) >= 11 is 5.44. The molecule has 102 valence electrons. The molecule has 1 fully saturated rings. The van der Waals surface area contributed by atoms with E-state index < -0.39 is 0 Å². The molecular weight excluding hydrogens is 306 g/mol. The zero-order chi connectivity index (χ0) is 12.8. The molecule has 0 saturated heterocycles. The van der Waals surface area contributed by atoms with Gasteiger partial charge in [0, 0.05) is 10.9 Å². The Morgan fingerprint density at radius 2 is 1.89 bits per heavy atom. The van der Waals surface area contributed by atoms with Gasteiger partial charge in [0.1, 0.15) is 0 Å². The predicted molar refractivity (Wildman–Crippen MR) is 84.4 cm³/mol. The summed E-state index contributed by atoms with van der Waals surface area (Å²) in [6.07, 6.45) is 11.2. The van der Waals surface area contributed by atoms with E-state index in [1.165, 1.54) is 60.0 Å². The maximum atomic E-state index is 3.57. The summed E-state index contributed by atoms with van der Waals surface area (Å²) < 4.78 is 1.25. The Kier molecular flexibility index (Phi) is 6.19. The van der Waals surface area contributed by atoms with Crippen LogP contribution in [0.15, 0.2) is 15.9 Å². The summed E-state index contributed by atoms with van der Waals surface area (Å²) in [5.74, 6) is 0.871. The minimum absolute atomic E-state index is 0.661. The van der Waals surface area contributed by atoms with Crippen LogP contribution < -0.4 is 5.32 Å². The predicted octanol–water partition coefficient (Wildman–Crippen LogP) is 5.00. The molecule has 1 aliphatic rings. The summed E-state index contributed by atoms with van der Waals surface area (Å²) in [5.41, 5.74) is 0. The van der Waals surface area contributed by atoms with Gasteiger partial charge in [-0.2, -0.15) is 0 Å². The SMILES string of the molecule is CNC(Cc1ccc(Br)s1)C1CCCCCCC1. The highest BCUT2D eigenvalue weighted by Gasteiger charge is 2.21. The van der Waals surface area contributed by atoms with Crippen LogP contribution in [0.2, 0.25) is 0 Å². The van der Waals surface area contributed by atoms with E-state index in [-0.39, 0.29) is 0 Å². The first-order valence-corrected chi connectivity index (χ1v) is 8.82. The first-order chi connectivity index (χ1) is 8.79. The number of thiophene rings is 1. The Morgan fingerprint density at radius 3 is 2.44 bits per heavy atom. The van der Waals surface area contributed by atoms with E-state index in [0.717, 1.165) is 5.92 Å². The van der Waals surface area contributed by atoms with Crippen molar-refractivity contribution in [3.05, 3.63) is 20.8 Å². The quantitative estimate of drug-likeness (QED) is 0.819. The van der Waals surface area contributed by atoms with E-state index >= 15 is 0 Å². The Bertz CT molecular complexity index is 342. The molecule has 0 aliphatic heterocycles. The third-order valence-electron chi connectivity index (χ3n) is 4.14. The van der Waals surface area contributed by atoms with Crippen LogP contribution in [-0.2, 0) is 6.42 Å². The molecule has 18 heavy (non-hydrogen) atoms. The first-order valence-electron chi connectivity index (χ1n) is 7.21. The summed E-state index contributed by atoms with van der Waals surface area (Å²) in [6.45, 7) is 0. The van der Waals surface area contributed by atoms with Gasteiger partial charge in [0.25, 0.3) is 0 Å². The van der Waals surface area contributed by atoms with Crippen molar-refractivity contribution < 1.29 is 0 Å². The van der Waals surface area contributed by atoms with Crippen LogP contribution in [-0.4, -0.2) is 13.1 Å². The highest BCUT2D eigenvalue weighted by molar-refractivity contribution is 9.11. The second-order valence-corrected chi connectivity index (χ2v) is 7.96. The molecule has 1 aromatic heterocycles. The molecule has 0 bridgehead atoms. The fourth-order valence-corrected chi connectivity index (χ4v) is 4.61. The van der Waals surface area contributed by atoms with Crippen LogP contribution in [0.1, 0.15) is 49.8 Å². The molecule has 0 spiro atoms. The van der Waals surface area contributed by atoms with E-state index in [4.69, 9.17) is 0 Å². The molecule has 1 unspecified atom stereocenters. The van der Waals surface area contributed by atoms with Gasteiger partial charge in [-0.05, 0) is 60.3 Å². The average Bonchev–Trinajstić information content (AvgIpc) is 2.72. The normalized spacial score (nSPS) is 20.3. The highest BCUT2D eigenvalue weighted by atomic mass is 79.9. The number of nitrogens with one attached hydrogen (secondary N) is 1. The van der Waals surface area contributed by atoms with Crippen molar-refractivity contribution in [3.63, 3.8) is 0 Å². The Hall–Kier alpha value is 0.140. The Morgan fingerprint density at radius 1 is 1.22 bits per heavy atom. The monoisotopic (exact) mass is 329 g/mol. The molecule has 1 N–H and O–H groups in total. The van der Waals surface area contributed by atoms with Gasteiger partial charge >= 0.3 is 0 Å². The molecule has 1 atom stereocenters. The van der Waals surface area contributed by atoms with Crippen molar-refractivity contribution in [3.8, 4) is 0 Å². The van der Waals surface area contributed by atoms with Crippen molar-refractivity contribution >= 4 is 27.3 Å². The number of hydrogen-bond donors (Lipinski definition) is 1. The van der Waals surface area contributed by atoms with Crippen LogP contribution in [0.5, 0.6) is 0 Å². The molecule has 1 aliphatic carbocycles. The van der Waals surface area contributed by atoms with Gasteiger partial charge in [0.05, 0.1) is 3.79 Å². The number of hydrogen-bond acceptors (Lipinski definition) is 2. The molecular formula is C15H24BrNS. The molecule has 3 heteroatoms. The molecule has 0 radical (unpaired) electrons. The largest absolute Gasteiger partial charge is 0.316 e. The maximum absolute atomic E-state index is 3.57. The lowest BCUT2D eigenvalue weighted by Gasteiger charge is -2.28. The lowest BCUT2D eigenvalue weighted by molar-refractivity contribution is 0.294. The van der Waals surface area contributed by atoms with Gasteiger partial charge in [-0.3, -0.25) is 0 Å². The van der Waals surface area contributed by atoms with Crippen LogP contribution in [0.4, 0.5) is 0 Å². The van der Waals surface area contributed by atoms with Crippen LogP contribution in [0.25, 0.3) is 0 Å². The van der Waals surface area contributed by atoms with Crippen molar-refractivity contribution in [2.45, 2.75) is 57.4 Å². The van der Waals surface area contributed by atoms with Crippen molar-refractivity contribution in [2.24, 2.45) is 5.92 Å². The smallest absolute Gasteiger partial charge is 0.0701 e. The highest BCUT2D eigenvalue weighted by Crippen LogP contribution is 2.29. The summed E-state index contributed by atoms with van der Waals surface area (Å²) in [6, 6.07) is 5.10. The molecule has 0 amide bonds. The minimum Gasteiger partial charge on any atom is -0.316 e. The molecule has 1 nitrogen and oxygen atoms in total. The number of rotatable bonds is 4. The summed E-state index contributed by atoms with van der Waals surface area (Å²) in [5, 5.41) is 3.57. The molecule has 1 saturated carbocycles. The number of likely N-dealkylation sites (N-methyl/N-ethyl adjacent to an activating group) is 1. The minimum atomic E-state index is 0.661. The lowest BCUT2D eigenvalue weighted by Crippen LogP contribution is -2.35. The average molecular weight is 330 g/mol. The first kappa shape index (κ1) is 14.5. The third-order valence-corrected chi connectivity index (χ3v) is 5.79. The Labute approximate surface area is 123 Å². The topological polar surface area (TPSA) is 12.0 Å². The summed E-state index contributed by atoms with van der Waals surface area (Å²) in [4.78, 5) is 1.50. The van der Waals surface area contributed by atoms with E-state index in [9.17, 15) is 0 Å². The molecule has 1 heterocycles. The van der Waals surface area contributed by atoms with E-state index in [1.54, 1.807) is 0 Å². The van der Waals surface area contributed by atoms with E-state index in [1.807, 2.05) is 11.3 Å². The maximum Gasteiger partial charge on any atom is 0.0701 e. The van der Waals surface area contributed by atoms with Crippen LogP contribution >= 0.6 is 27.3 Å². The van der Waals surface area contributed by atoms with Gasteiger partial charge in [-0.25, -0.2) is 0 Å². The molecule has 0 aromatic carbocycles. The van der Waals surface area contributed by atoms with E-state index in [2.05, 4.69) is 40.4 Å². The molecule has 1 aromatic rings. The van der Waals surface area contributed by atoms with Gasteiger partial charge < -0.3 is 5.32 Å². The van der Waals surface area contributed by atoms with Crippen LogP contribution in [0, 0.1) is 5.92 Å². The Balaban J connectivity index is 1.93. The van der Waals surface area contributed by atoms with Gasteiger partial charge in [-0.1, -0.05) is 32.1 Å². The van der Waals surface area contributed by atoms with Crippen molar-refractivity contribution in [1.82, 2.24) is 5.32 Å². The van der Waals surface area contributed by atoms with Crippen molar-refractivity contribution in [1.29, 1.82) is 0 Å². The van der Waals surface area contributed by atoms with Gasteiger partial charge in [0.15, 0.2) is 0 Å². The second kappa shape index (κ2) is 7.66. The van der Waals surface area contributed by atoms with Gasteiger partial charge in [-0.15, -0.1) is 11.3 Å². The fourth-order valence-electron chi connectivity index (χ4n) is 3.07. The van der Waals surface area contributed by atoms with Crippen LogP contribution in [0.3, 0.4) is 0 Å². The number of halogens is 1. The molecule has 2 rings (SSSR count). The van der Waals surface area contributed by atoms with E-state index in [0.29, 0.717) is 6.04 Å². The standard InChI is InChI=1S/C15H24BrNS/c1-17-14(11-13-9-10-15(16)18-13)12-7-5-3-2-4-6-8-12/h9-10,12,14,17H,2-8,11H2,1H3. The third kappa shape index (κ3) is 4.36. The fraction of sp³-hybridized carbons (Fsp3) is 0.733. The lowest BCUT2D eigenvalue weighted by atomic mass is 9.84. The van der Waals surface area contributed by atoms with Gasteiger partial charge in [0.2, 0.25) is 0 Å². The summed E-state index contributed by atoms with van der Waals surface area (Å²) in [7, 11) is 2.13. The zero-order valence-corrected chi connectivity index (χ0v) is 13.7. The second-order valence-electron chi connectivity index (χ2n) is 5.41. The zero-order valence-electron chi connectivity index (χ0n) is 11.3. The van der Waals surface area contributed by atoms with Crippen molar-refractivity contribution in [2.75, 3.05) is 7.05 Å².